The number of nitrogens with one attached hydrogen (secondary N) is 1. The predicted molar refractivity (Wildman–Crippen MR) is 64.8 cm³/mol. The number of aliphatic hydroxyl groups is 1. The molecule has 0 rings (SSSR count). The SMILES string of the molecule is CC(C)NC(C)(CO)CC(C)OC(C(F)(F)F)C(F)(F)F. The van der Waals surface area contributed by atoms with E-state index >= 15 is 0 Å². The van der Waals surface area contributed by atoms with E-state index in [0.717, 1.165) is 6.92 Å². The summed E-state index contributed by atoms with van der Waals surface area (Å²) in [6, 6.07) is -0.102. The van der Waals surface area contributed by atoms with Crippen LogP contribution in [0.1, 0.15) is 34.1 Å². The molecule has 0 spiro atoms. The lowest BCUT2D eigenvalue weighted by molar-refractivity contribution is -0.330. The molecular formula is C12H21F6NO2. The van der Waals surface area contributed by atoms with E-state index in [1.54, 1.807) is 13.8 Å². The zero-order valence-corrected chi connectivity index (χ0v) is 12.3. The van der Waals surface area contributed by atoms with Crippen LogP contribution in [0, 0.1) is 0 Å². The zero-order valence-electron chi connectivity index (χ0n) is 12.3. The summed E-state index contributed by atoms with van der Waals surface area (Å²) >= 11 is 0. The molecule has 0 saturated carbocycles. The van der Waals surface area contributed by atoms with Gasteiger partial charge in [-0.05, 0) is 20.3 Å². The molecule has 0 aromatic rings. The molecule has 0 radical (unpaired) electrons. The summed E-state index contributed by atoms with van der Waals surface area (Å²) in [6.45, 7) is 5.66. The standard InChI is InChI=1S/C12H21F6NO2/c1-7(2)19-10(4,6-20)5-8(3)21-9(11(13,14)15)12(16,17)18/h7-9,19-20H,5-6H2,1-4H3. The van der Waals surface area contributed by atoms with Crippen LogP contribution in [-0.4, -0.2) is 47.9 Å². The average molecular weight is 325 g/mol. The van der Waals surface area contributed by atoms with Crippen LogP contribution in [0.2, 0.25) is 0 Å². The van der Waals surface area contributed by atoms with E-state index < -0.39 is 36.7 Å². The summed E-state index contributed by atoms with van der Waals surface area (Å²) in [5.74, 6) is 0. The fourth-order valence-corrected chi connectivity index (χ4v) is 2.12. The maximum atomic E-state index is 12.4. The molecular weight excluding hydrogens is 304 g/mol. The normalized spacial score (nSPS) is 18.1. The molecule has 21 heavy (non-hydrogen) atoms. The second kappa shape index (κ2) is 7.15. The van der Waals surface area contributed by atoms with Crippen LogP contribution >= 0.6 is 0 Å². The van der Waals surface area contributed by atoms with Gasteiger partial charge in [-0.15, -0.1) is 0 Å². The maximum absolute atomic E-state index is 12.4. The third kappa shape index (κ3) is 7.32. The zero-order chi connectivity index (χ0) is 17.1. The Morgan fingerprint density at radius 2 is 1.43 bits per heavy atom. The molecule has 2 N–H and O–H groups in total. The van der Waals surface area contributed by atoms with Gasteiger partial charge < -0.3 is 15.2 Å². The first-order chi connectivity index (χ1) is 9.21. The van der Waals surface area contributed by atoms with Gasteiger partial charge in [0.05, 0.1) is 12.7 Å². The molecule has 0 aliphatic heterocycles. The van der Waals surface area contributed by atoms with Crippen molar-refractivity contribution in [2.45, 2.75) is 70.3 Å². The third-order valence-corrected chi connectivity index (χ3v) is 2.69. The van der Waals surface area contributed by atoms with Gasteiger partial charge in [0.25, 0.3) is 0 Å². The average Bonchev–Trinajstić information content (AvgIpc) is 2.21. The van der Waals surface area contributed by atoms with Crippen LogP contribution in [-0.2, 0) is 4.74 Å². The summed E-state index contributed by atoms with van der Waals surface area (Å²) in [4.78, 5) is 0. The highest BCUT2D eigenvalue weighted by molar-refractivity contribution is 4.87. The van der Waals surface area contributed by atoms with Crippen LogP contribution in [0.5, 0.6) is 0 Å². The Morgan fingerprint density at radius 1 is 1.00 bits per heavy atom. The molecule has 0 aromatic carbocycles. The Hall–Kier alpha value is -0.540. The highest BCUT2D eigenvalue weighted by Gasteiger charge is 2.58. The summed E-state index contributed by atoms with van der Waals surface area (Å²) in [5, 5.41) is 12.2. The van der Waals surface area contributed by atoms with Crippen LogP contribution in [0.25, 0.3) is 0 Å². The van der Waals surface area contributed by atoms with Gasteiger partial charge in [-0.2, -0.15) is 26.3 Å². The minimum atomic E-state index is -5.53. The Bertz CT molecular complexity index is 304. The number of hydrogen-bond donors (Lipinski definition) is 2. The number of rotatable bonds is 7. The highest BCUT2D eigenvalue weighted by atomic mass is 19.4. The second-order valence-corrected chi connectivity index (χ2v) is 5.63. The van der Waals surface area contributed by atoms with E-state index in [9.17, 15) is 31.4 Å². The summed E-state index contributed by atoms with van der Waals surface area (Å²) in [7, 11) is 0. The van der Waals surface area contributed by atoms with Crippen molar-refractivity contribution in [3.05, 3.63) is 0 Å². The van der Waals surface area contributed by atoms with Gasteiger partial charge in [0.15, 0.2) is 0 Å². The second-order valence-electron chi connectivity index (χ2n) is 5.63. The first-order valence-electron chi connectivity index (χ1n) is 6.38. The Balaban J connectivity index is 4.89. The van der Waals surface area contributed by atoms with Gasteiger partial charge in [0.1, 0.15) is 0 Å². The van der Waals surface area contributed by atoms with E-state index in [2.05, 4.69) is 10.1 Å². The predicted octanol–water partition coefficient (Wildman–Crippen LogP) is 3.02. The topological polar surface area (TPSA) is 41.5 Å². The van der Waals surface area contributed by atoms with E-state index in [-0.39, 0.29) is 12.5 Å². The summed E-state index contributed by atoms with van der Waals surface area (Å²) in [6.07, 6.45) is -16.4. The van der Waals surface area contributed by atoms with E-state index in [4.69, 9.17) is 0 Å². The molecule has 0 bridgehead atoms. The summed E-state index contributed by atoms with van der Waals surface area (Å²) in [5.41, 5.74) is -1.03. The molecule has 0 aliphatic rings. The van der Waals surface area contributed by atoms with Gasteiger partial charge >= 0.3 is 12.4 Å². The fraction of sp³-hybridized carbons (Fsp3) is 1.00. The number of halogens is 6. The third-order valence-electron chi connectivity index (χ3n) is 2.69. The van der Waals surface area contributed by atoms with Gasteiger partial charge in [0, 0.05) is 11.6 Å². The molecule has 128 valence electrons. The first kappa shape index (κ1) is 20.5. The van der Waals surface area contributed by atoms with Gasteiger partial charge in [-0.3, -0.25) is 0 Å². The maximum Gasteiger partial charge on any atom is 0.423 e. The van der Waals surface area contributed by atoms with Crippen molar-refractivity contribution >= 4 is 0 Å². The molecule has 0 heterocycles. The van der Waals surface area contributed by atoms with Gasteiger partial charge in [-0.1, -0.05) is 13.8 Å². The number of hydrogen-bond acceptors (Lipinski definition) is 3. The van der Waals surface area contributed by atoms with Crippen molar-refractivity contribution in [1.82, 2.24) is 5.32 Å². The van der Waals surface area contributed by atoms with Crippen LogP contribution in [0.15, 0.2) is 0 Å². The van der Waals surface area contributed by atoms with Crippen molar-refractivity contribution in [3.63, 3.8) is 0 Å². The smallest absolute Gasteiger partial charge is 0.394 e. The van der Waals surface area contributed by atoms with Gasteiger partial charge in [-0.25, -0.2) is 0 Å². The van der Waals surface area contributed by atoms with E-state index in [1.165, 1.54) is 6.92 Å². The fourth-order valence-electron chi connectivity index (χ4n) is 2.12. The minimum absolute atomic E-state index is 0.102. The molecule has 3 nitrogen and oxygen atoms in total. The quantitative estimate of drug-likeness (QED) is 0.707. The Kier molecular flexibility index (Phi) is 6.96. The van der Waals surface area contributed by atoms with Crippen molar-refractivity contribution in [1.29, 1.82) is 0 Å². The molecule has 2 atom stereocenters. The Labute approximate surface area is 119 Å². The minimum Gasteiger partial charge on any atom is -0.394 e. The highest BCUT2D eigenvalue weighted by Crippen LogP contribution is 2.37. The van der Waals surface area contributed by atoms with Gasteiger partial charge in [0.2, 0.25) is 6.10 Å². The van der Waals surface area contributed by atoms with Crippen LogP contribution in [0.3, 0.4) is 0 Å². The van der Waals surface area contributed by atoms with Crippen LogP contribution in [0.4, 0.5) is 26.3 Å². The number of ether oxygens (including phenoxy) is 1. The lowest BCUT2D eigenvalue weighted by atomic mass is 9.94. The van der Waals surface area contributed by atoms with Crippen LogP contribution < -0.4 is 5.32 Å². The Morgan fingerprint density at radius 3 is 1.71 bits per heavy atom. The molecule has 0 amide bonds. The number of aliphatic hydroxyl groups excluding tert-OH is 1. The molecule has 9 heteroatoms. The van der Waals surface area contributed by atoms with E-state index in [0.29, 0.717) is 0 Å². The lowest BCUT2D eigenvalue weighted by Crippen LogP contribution is -2.52. The molecule has 0 fully saturated rings. The largest absolute Gasteiger partial charge is 0.423 e. The molecule has 0 aliphatic carbocycles. The molecule has 2 unspecified atom stereocenters. The molecule has 0 saturated heterocycles. The van der Waals surface area contributed by atoms with Crippen molar-refractivity contribution in [3.8, 4) is 0 Å². The van der Waals surface area contributed by atoms with Crippen molar-refractivity contribution in [2.75, 3.05) is 6.61 Å². The van der Waals surface area contributed by atoms with E-state index in [1.807, 2.05) is 0 Å². The monoisotopic (exact) mass is 325 g/mol. The van der Waals surface area contributed by atoms with Crippen molar-refractivity contribution < 1.29 is 36.2 Å². The number of alkyl halides is 6. The summed E-state index contributed by atoms with van der Waals surface area (Å²) < 4.78 is 78.5. The lowest BCUT2D eigenvalue weighted by Gasteiger charge is -2.35. The molecule has 0 aromatic heterocycles. The first-order valence-corrected chi connectivity index (χ1v) is 6.38. The van der Waals surface area contributed by atoms with Crippen molar-refractivity contribution in [2.24, 2.45) is 0 Å².